The summed E-state index contributed by atoms with van der Waals surface area (Å²) in [6.45, 7) is 7.18. The molecule has 1 nitrogen and oxygen atoms in total. The quantitative estimate of drug-likeness (QED) is 0.790. The molecule has 4 unspecified atom stereocenters. The van der Waals surface area contributed by atoms with Crippen LogP contribution in [0.4, 0.5) is 0 Å². The third kappa shape index (κ3) is 3.29. The molecule has 2 heteroatoms. The van der Waals surface area contributed by atoms with Gasteiger partial charge in [-0.2, -0.15) is 0 Å². The van der Waals surface area contributed by atoms with Crippen LogP contribution in [-0.4, -0.2) is 6.04 Å². The van der Waals surface area contributed by atoms with Crippen LogP contribution in [0.1, 0.15) is 63.6 Å². The van der Waals surface area contributed by atoms with Crippen LogP contribution in [0.25, 0.3) is 0 Å². The molecular formula is C19H28ClN. The molecule has 0 bridgehead atoms. The zero-order chi connectivity index (χ0) is 15.0. The van der Waals surface area contributed by atoms with Crippen molar-refractivity contribution in [3.63, 3.8) is 0 Å². The molecule has 0 heterocycles. The van der Waals surface area contributed by atoms with Gasteiger partial charge >= 0.3 is 0 Å². The van der Waals surface area contributed by atoms with Gasteiger partial charge in [-0.3, -0.25) is 0 Å². The monoisotopic (exact) mass is 305 g/mol. The summed E-state index contributed by atoms with van der Waals surface area (Å²) in [5, 5.41) is 4.89. The number of rotatable bonds is 3. The van der Waals surface area contributed by atoms with Crippen LogP contribution in [0.2, 0.25) is 5.02 Å². The summed E-state index contributed by atoms with van der Waals surface area (Å²) in [6.07, 6.45) is 6.52. The van der Waals surface area contributed by atoms with Gasteiger partial charge < -0.3 is 5.32 Å². The van der Waals surface area contributed by atoms with Gasteiger partial charge in [0, 0.05) is 17.1 Å². The van der Waals surface area contributed by atoms with Crippen molar-refractivity contribution in [1.82, 2.24) is 5.32 Å². The lowest BCUT2D eigenvalue weighted by molar-refractivity contribution is 0.159. The highest BCUT2D eigenvalue weighted by molar-refractivity contribution is 6.30. The summed E-state index contributed by atoms with van der Waals surface area (Å²) in [5.74, 6) is 2.47. The first-order valence-electron chi connectivity index (χ1n) is 8.59. The Morgan fingerprint density at radius 1 is 1.19 bits per heavy atom. The van der Waals surface area contributed by atoms with E-state index in [1.54, 1.807) is 0 Å². The zero-order valence-corrected chi connectivity index (χ0v) is 14.3. The third-order valence-electron chi connectivity index (χ3n) is 5.62. The van der Waals surface area contributed by atoms with Crippen LogP contribution in [0.5, 0.6) is 0 Å². The van der Waals surface area contributed by atoms with Gasteiger partial charge in [0.15, 0.2) is 0 Å². The van der Waals surface area contributed by atoms with Gasteiger partial charge in [0.2, 0.25) is 0 Å². The summed E-state index contributed by atoms with van der Waals surface area (Å²) in [6, 6.07) is 7.65. The Hall–Kier alpha value is -0.530. The second-order valence-corrected chi connectivity index (χ2v) is 7.97. The number of halogens is 1. The first kappa shape index (κ1) is 15.4. The summed E-state index contributed by atoms with van der Waals surface area (Å²) < 4.78 is 0. The molecule has 0 aromatic heterocycles. The first-order valence-corrected chi connectivity index (χ1v) is 8.96. The summed E-state index contributed by atoms with van der Waals surface area (Å²) in [4.78, 5) is 0. The van der Waals surface area contributed by atoms with Crippen molar-refractivity contribution < 1.29 is 0 Å². The lowest BCUT2D eigenvalue weighted by atomic mass is 9.73. The molecule has 1 saturated carbocycles. The van der Waals surface area contributed by atoms with Gasteiger partial charge in [0.1, 0.15) is 0 Å². The third-order valence-corrected chi connectivity index (χ3v) is 5.86. The van der Waals surface area contributed by atoms with Gasteiger partial charge in [-0.05, 0) is 66.7 Å². The second-order valence-electron chi connectivity index (χ2n) is 7.53. The van der Waals surface area contributed by atoms with Crippen LogP contribution in [0, 0.1) is 17.8 Å². The minimum atomic E-state index is 0.536. The molecule has 116 valence electrons. The Bertz CT molecular complexity index is 496. The van der Waals surface area contributed by atoms with Crippen LogP contribution < -0.4 is 5.32 Å². The van der Waals surface area contributed by atoms with Gasteiger partial charge in [0.25, 0.3) is 0 Å². The summed E-state index contributed by atoms with van der Waals surface area (Å²) in [5.41, 5.74) is 2.94. The van der Waals surface area contributed by atoms with E-state index in [1.165, 1.54) is 43.2 Å². The second kappa shape index (κ2) is 6.30. The zero-order valence-electron chi connectivity index (χ0n) is 13.5. The van der Waals surface area contributed by atoms with Crippen molar-refractivity contribution in [2.75, 3.05) is 0 Å². The molecular weight excluding hydrogens is 278 g/mol. The van der Waals surface area contributed by atoms with E-state index in [9.17, 15) is 0 Å². The molecule has 1 N–H and O–H groups in total. The Morgan fingerprint density at radius 3 is 2.76 bits per heavy atom. The lowest BCUT2D eigenvalue weighted by Crippen LogP contribution is -2.44. The summed E-state index contributed by atoms with van der Waals surface area (Å²) in [7, 11) is 0. The van der Waals surface area contributed by atoms with E-state index in [1.807, 2.05) is 6.07 Å². The molecule has 1 aromatic carbocycles. The van der Waals surface area contributed by atoms with Crippen LogP contribution in [-0.2, 0) is 6.42 Å². The van der Waals surface area contributed by atoms with E-state index >= 15 is 0 Å². The smallest absolute Gasteiger partial charge is 0.0408 e. The Morgan fingerprint density at radius 2 is 2.00 bits per heavy atom. The minimum absolute atomic E-state index is 0.536. The molecule has 2 aliphatic rings. The molecule has 1 aromatic rings. The molecule has 2 aliphatic carbocycles. The first-order chi connectivity index (χ1) is 10.0. The Kier molecular flexibility index (Phi) is 4.61. The van der Waals surface area contributed by atoms with Crippen molar-refractivity contribution in [2.45, 2.75) is 65.0 Å². The van der Waals surface area contributed by atoms with E-state index in [4.69, 9.17) is 11.6 Å². The fourth-order valence-electron chi connectivity index (χ4n) is 4.41. The predicted molar refractivity (Wildman–Crippen MR) is 90.8 cm³/mol. The normalized spacial score (nSPS) is 32.4. The SMILES string of the molecule is CC1CCC(C(C)C)C(NC2CCc3cc(Cl)ccc32)C1. The van der Waals surface area contributed by atoms with Gasteiger partial charge in [-0.25, -0.2) is 0 Å². The maximum absolute atomic E-state index is 6.13. The fourth-order valence-corrected chi connectivity index (χ4v) is 4.61. The fraction of sp³-hybridized carbons (Fsp3) is 0.684. The molecule has 0 spiro atoms. The van der Waals surface area contributed by atoms with Crippen molar-refractivity contribution in [3.8, 4) is 0 Å². The van der Waals surface area contributed by atoms with E-state index in [2.05, 4.69) is 38.2 Å². The average Bonchev–Trinajstić information content (AvgIpc) is 2.81. The largest absolute Gasteiger partial charge is 0.307 e. The van der Waals surface area contributed by atoms with E-state index in [0.29, 0.717) is 12.1 Å². The number of aryl methyl sites for hydroxylation is 1. The van der Waals surface area contributed by atoms with Crippen molar-refractivity contribution in [3.05, 3.63) is 34.3 Å². The van der Waals surface area contributed by atoms with Crippen LogP contribution >= 0.6 is 11.6 Å². The maximum Gasteiger partial charge on any atom is 0.0408 e. The van der Waals surface area contributed by atoms with E-state index in [0.717, 1.165) is 22.8 Å². The molecule has 3 rings (SSSR count). The van der Waals surface area contributed by atoms with Crippen LogP contribution in [0.15, 0.2) is 18.2 Å². The molecule has 0 radical (unpaired) electrons. The van der Waals surface area contributed by atoms with E-state index in [-0.39, 0.29) is 0 Å². The van der Waals surface area contributed by atoms with Crippen molar-refractivity contribution in [1.29, 1.82) is 0 Å². The highest BCUT2D eigenvalue weighted by Crippen LogP contribution is 2.38. The van der Waals surface area contributed by atoms with Gasteiger partial charge in [-0.15, -0.1) is 0 Å². The minimum Gasteiger partial charge on any atom is -0.307 e. The Labute approximate surface area is 134 Å². The molecule has 4 atom stereocenters. The van der Waals surface area contributed by atoms with Crippen LogP contribution in [0.3, 0.4) is 0 Å². The molecule has 21 heavy (non-hydrogen) atoms. The molecule has 0 aliphatic heterocycles. The van der Waals surface area contributed by atoms with Crippen molar-refractivity contribution in [2.24, 2.45) is 17.8 Å². The highest BCUT2D eigenvalue weighted by Gasteiger charge is 2.33. The summed E-state index contributed by atoms with van der Waals surface area (Å²) >= 11 is 6.13. The predicted octanol–water partition coefficient (Wildman–Crippen LogP) is 5.38. The number of nitrogens with one attached hydrogen (secondary N) is 1. The van der Waals surface area contributed by atoms with Gasteiger partial charge in [0.05, 0.1) is 0 Å². The molecule has 0 amide bonds. The lowest BCUT2D eigenvalue weighted by Gasteiger charge is -2.39. The Balaban J connectivity index is 1.74. The number of hydrogen-bond acceptors (Lipinski definition) is 1. The van der Waals surface area contributed by atoms with Gasteiger partial charge in [-0.1, -0.05) is 44.9 Å². The van der Waals surface area contributed by atoms with Crippen molar-refractivity contribution >= 4 is 11.6 Å². The standard InChI is InChI=1S/C19H28ClN/c1-12(2)16-7-4-13(3)10-19(16)21-18-9-5-14-11-15(20)6-8-17(14)18/h6,8,11-13,16,18-19,21H,4-5,7,9-10H2,1-3H3. The maximum atomic E-state index is 6.13. The van der Waals surface area contributed by atoms with E-state index < -0.39 is 0 Å². The number of hydrogen-bond donors (Lipinski definition) is 1. The number of fused-ring (bicyclic) bond motifs is 1. The molecule has 1 fully saturated rings. The molecule has 0 saturated heterocycles. The highest BCUT2D eigenvalue weighted by atomic mass is 35.5. The average molecular weight is 306 g/mol. The number of benzene rings is 1. The topological polar surface area (TPSA) is 12.0 Å².